The number of rotatable bonds is 4. The van der Waals surface area contributed by atoms with Crippen molar-refractivity contribution in [2.75, 3.05) is 10.7 Å². The average molecular weight is 273 g/mol. The molecule has 0 aliphatic carbocycles. The van der Waals surface area contributed by atoms with Gasteiger partial charge in [-0.25, -0.2) is 0 Å². The molecule has 102 valence electrons. The first kappa shape index (κ1) is 13.4. The standard InChI is InChI=1S/C12H11N5O3/c13-16-11-9(2-1-3-10(11)17(19)20)12(18)15-8-4-6-14-7-5-8/h1-7,16H,13H2,(H,14,15,18). The van der Waals surface area contributed by atoms with Crippen LogP contribution >= 0.6 is 0 Å². The van der Waals surface area contributed by atoms with Crippen molar-refractivity contribution < 1.29 is 9.72 Å². The quantitative estimate of drug-likeness (QED) is 0.441. The highest BCUT2D eigenvalue weighted by molar-refractivity contribution is 6.09. The number of benzene rings is 1. The number of nitro benzene ring substituents is 1. The number of amides is 1. The number of nitrogens with two attached hydrogens (primary N) is 1. The average Bonchev–Trinajstić information content (AvgIpc) is 2.47. The van der Waals surface area contributed by atoms with Crippen molar-refractivity contribution in [3.05, 3.63) is 58.4 Å². The molecule has 0 saturated carbocycles. The van der Waals surface area contributed by atoms with Gasteiger partial charge in [-0.3, -0.25) is 25.7 Å². The zero-order valence-electron chi connectivity index (χ0n) is 10.2. The van der Waals surface area contributed by atoms with Crippen molar-refractivity contribution in [3.8, 4) is 0 Å². The second-order valence-electron chi connectivity index (χ2n) is 3.79. The van der Waals surface area contributed by atoms with Crippen LogP contribution in [0.25, 0.3) is 0 Å². The highest BCUT2D eigenvalue weighted by Crippen LogP contribution is 2.27. The predicted octanol–water partition coefficient (Wildman–Crippen LogP) is 1.53. The second-order valence-corrected chi connectivity index (χ2v) is 3.79. The first-order chi connectivity index (χ1) is 9.63. The highest BCUT2D eigenvalue weighted by atomic mass is 16.6. The molecule has 0 radical (unpaired) electrons. The van der Waals surface area contributed by atoms with Crippen molar-refractivity contribution in [2.24, 2.45) is 5.84 Å². The summed E-state index contributed by atoms with van der Waals surface area (Å²) in [7, 11) is 0. The molecule has 0 bridgehead atoms. The van der Waals surface area contributed by atoms with E-state index in [4.69, 9.17) is 5.84 Å². The van der Waals surface area contributed by atoms with E-state index in [0.29, 0.717) is 5.69 Å². The number of aromatic nitrogens is 1. The molecule has 8 nitrogen and oxygen atoms in total. The predicted molar refractivity (Wildman–Crippen MR) is 73.1 cm³/mol. The third kappa shape index (κ3) is 2.70. The second kappa shape index (κ2) is 5.76. The Morgan fingerprint density at radius 2 is 1.95 bits per heavy atom. The van der Waals surface area contributed by atoms with E-state index in [9.17, 15) is 14.9 Å². The van der Waals surface area contributed by atoms with Crippen molar-refractivity contribution in [1.82, 2.24) is 4.98 Å². The van der Waals surface area contributed by atoms with Crippen molar-refractivity contribution >= 4 is 23.0 Å². The van der Waals surface area contributed by atoms with Crippen LogP contribution in [0.15, 0.2) is 42.7 Å². The smallest absolute Gasteiger partial charge is 0.294 e. The zero-order chi connectivity index (χ0) is 14.5. The number of nitrogen functional groups attached to an aromatic ring is 1. The Kier molecular flexibility index (Phi) is 3.87. The normalized spacial score (nSPS) is 9.85. The van der Waals surface area contributed by atoms with Gasteiger partial charge in [-0.1, -0.05) is 6.07 Å². The van der Waals surface area contributed by atoms with Crippen LogP contribution in [-0.2, 0) is 0 Å². The lowest BCUT2D eigenvalue weighted by atomic mass is 10.1. The van der Waals surface area contributed by atoms with E-state index in [2.05, 4.69) is 15.7 Å². The maximum Gasteiger partial charge on any atom is 0.294 e. The minimum atomic E-state index is -0.613. The summed E-state index contributed by atoms with van der Waals surface area (Å²) in [6.07, 6.45) is 3.04. The van der Waals surface area contributed by atoms with Crippen LogP contribution in [0.5, 0.6) is 0 Å². The van der Waals surface area contributed by atoms with Gasteiger partial charge in [0.25, 0.3) is 11.6 Å². The number of para-hydroxylation sites is 1. The van der Waals surface area contributed by atoms with Gasteiger partial charge in [0.05, 0.1) is 10.5 Å². The molecule has 1 aromatic carbocycles. The van der Waals surface area contributed by atoms with E-state index in [1.807, 2.05) is 0 Å². The van der Waals surface area contributed by atoms with Crippen LogP contribution in [-0.4, -0.2) is 15.8 Å². The number of nitrogens with zero attached hydrogens (tertiary/aromatic N) is 2. The molecule has 1 aromatic heterocycles. The van der Waals surface area contributed by atoms with E-state index >= 15 is 0 Å². The van der Waals surface area contributed by atoms with Crippen LogP contribution < -0.4 is 16.6 Å². The maximum atomic E-state index is 12.1. The number of hydrogen-bond acceptors (Lipinski definition) is 6. The molecule has 0 aliphatic heterocycles. The molecule has 0 atom stereocenters. The van der Waals surface area contributed by atoms with E-state index in [1.165, 1.54) is 30.6 Å². The van der Waals surface area contributed by atoms with E-state index < -0.39 is 10.8 Å². The van der Waals surface area contributed by atoms with Gasteiger partial charge in [0.1, 0.15) is 5.69 Å². The van der Waals surface area contributed by atoms with Gasteiger partial charge in [0.2, 0.25) is 0 Å². The fourth-order valence-electron chi connectivity index (χ4n) is 1.67. The van der Waals surface area contributed by atoms with E-state index in [-0.39, 0.29) is 16.9 Å². The Labute approximate surface area is 113 Å². The summed E-state index contributed by atoms with van der Waals surface area (Å²) in [6, 6.07) is 7.33. The van der Waals surface area contributed by atoms with Crippen molar-refractivity contribution in [2.45, 2.75) is 0 Å². The molecular formula is C12H11N5O3. The van der Waals surface area contributed by atoms with E-state index in [1.54, 1.807) is 12.1 Å². The topological polar surface area (TPSA) is 123 Å². The number of nitro groups is 1. The summed E-state index contributed by atoms with van der Waals surface area (Å²) >= 11 is 0. The minimum absolute atomic E-state index is 0.0379. The summed E-state index contributed by atoms with van der Waals surface area (Å²) in [5, 5.41) is 13.5. The maximum absolute atomic E-state index is 12.1. The molecule has 1 amide bonds. The molecule has 0 aliphatic rings. The Morgan fingerprint density at radius 1 is 1.25 bits per heavy atom. The lowest BCUT2D eigenvalue weighted by Crippen LogP contribution is -2.18. The van der Waals surface area contributed by atoms with Gasteiger partial charge >= 0.3 is 0 Å². The number of pyridine rings is 1. The molecule has 20 heavy (non-hydrogen) atoms. The molecule has 0 fully saturated rings. The molecule has 4 N–H and O–H groups in total. The summed E-state index contributed by atoms with van der Waals surface area (Å²) < 4.78 is 0. The number of hydrogen-bond donors (Lipinski definition) is 3. The number of anilines is 2. The van der Waals surface area contributed by atoms with Gasteiger partial charge in [0.15, 0.2) is 0 Å². The third-order valence-electron chi connectivity index (χ3n) is 2.57. The summed E-state index contributed by atoms with van der Waals surface area (Å²) in [6.45, 7) is 0. The number of hydrazine groups is 1. The molecular weight excluding hydrogens is 262 g/mol. The van der Waals surface area contributed by atoms with Crippen LogP contribution in [0.2, 0.25) is 0 Å². The third-order valence-corrected chi connectivity index (χ3v) is 2.57. The van der Waals surface area contributed by atoms with E-state index in [0.717, 1.165) is 0 Å². The Bertz CT molecular complexity index is 645. The van der Waals surface area contributed by atoms with Crippen LogP contribution in [0, 0.1) is 10.1 Å². The van der Waals surface area contributed by atoms with Gasteiger partial charge in [-0.15, -0.1) is 0 Å². The number of carbonyl (C=O) groups excluding carboxylic acids is 1. The number of carbonyl (C=O) groups is 1. The molecule has 0 unspecified atom stereocenters. The SMILES string of the molecule is NNc1c(C(=O)Nc2ccncc2)cccc1[N+](=O)[O-]. The Morgan fingerprint density at radius 3 is 2.55 bits per heavy atom. The lowest BCUT2D eigenvalue weighted by molar-refractivity contribution is -0.384. The van der Waals surface area contributed by atoms with Gasteiger partial charge < -0.3 is 10.7 Å². The Hall–Kier alpha value is -3.00. The fraction of sp³-hybridized carbons (Fsp3) is 0. The summed E-state index contributed by atoms with van der Waals surface area (Å²) in [5.41, 5.74) is 2.50. The summed E-state index contributed by atoms with van der Waals surface area (Å²) in [5.74, 6) is 4.77. The monoisotopic (exact) mass is 273 g/mol. The number of nitrogens with one attached hydrogen (secondary N) is 2. The minimum Gasteiger partial charge on any atom is -0.322 e. The molecule has 2 rings (SSSR count). The fourth-order valence-corrected chi connectivity index (χ4v) is 1.67. The van der Waals surface area contributed by atoms with Gasteiger partial charge in [-0.05, 0) is 18.2 Å². The first-order valence-electron chi connectivity index (χ1n) is 5.59. The van der Waals surface area contributed by atoms with Crippen molar-refractivity contribution in [1.29, 1.82) is 0 Å². The molecule has 1 heterocycles. The largest absolute Gasteiger partial charge is 0.322 e. The van der Waals surface area contributed by atoms with Gasteiger partial charge in [-0.2, -0.15) is 0 Å². The molecule has 0 spiro atoms. The van der Waals surface area contributed by atoms with Crippen LogP contribution in [0.4, 0.5) is 17.1 Å². The zero-order valence-corrected chi connectivity index (χ0v) is 10.2. The summed E-state index contributed by atoms with van der Waals surface area (Å²) in [4.78, 5) is 26.2. The molecule has 8 heteroatoms. The van der Waals surface area contributed by atoms with Crippen molar-refractivity contribution in [3.63, 3.8) is 0 Å². The first-order valence-corrected chi connectivity index (χ1v) is 5.59. The Balaban J connectivity index is 2.35. The molecule has 0 saturated heterocycles. The van der Waals surface area contributed by atoms with Crippen LogP contribution in [0.1, 0.15) is 10.4 Å². The highest BCUT2D eigenvalue weighted by Gasteiger charge is 2.20. The lowest BCUT2D eigenvalue weighted by Gasteiger charge is -2.09. The van der Waals surface area contributed by atoms with Gasteiger partial charge in [0, 0.05) is 24.1 Å². The van der Waals surface area contributed by atoms with Crippen LogP contribution in [0.3, 0.4) is 0 Å². The molecule has 2 aromatic rings.